The SMILES string of the molecule is C=CC(=O)N1CC(Cn2nc(C#Cc3cc4ncn(C5CC5)c4cc3F)c(C(N)=O)c2NC)C1. The van der Waals surface area contributed by atoms with Gasteiger partial charge in [0.25, 0.3) is 5.91 Å². The molecule has 1 aromatic carbocycles. The smallest absolute Gasteiger partial charge is 0.255 e. The minimum absolute atomic E-state index is 0.115. The van der Waals surface area contributed by atoms with Gasteiger partial charge in [-0.15, -0.1) is 0 Å². The van der Waals surface area contributed by atoms with Crippen molar-refractivity contribution in [2.45, 2.75) is 25.4 Å². The largest absolute Gasteiger partial charge is 0.373 e. The number of nitrogens with zero attached hydrogens (tertiary/aromatic N) is 5. The molecule has 1 saturated heterocycles. The molecule has 0 unspecified atom stereocenters. The summed E-state index contributed by atoms with van der Waals surface area (Å²) in [4.78, 5) is 29.9. The lowest BCUT2D eigenvalue weighted by molar-refractivity contribution is -0.132. The number of imidazole rings is 1. The van der Waals surface area contributed by atoms with Crippen molar-refractivity contribution in [2.75, 3.05) is 25.5 Å². The minimum Gasteiger partial charge on any atom is -0.373 e. The van der Waals surface area contributed by atoms with Crippen LogP contribution < -0.4 is 11.1 Å². The number of carbonyl (C=O) groups is 2. The van der Waals surface area contributed by atoms with Crippen LogP contribution in [0.5, 0.6) is 0 Å². The second-order valence-electron chi connectivity index (χ2n) is 8.64. The first kappa shape index (κ1) is 21.7. The molecule has 2 aliphatic rings. The van der Waals surface area contributed by atoms with Crippen LogP contribution in [0.25, 0.3) is 11.0 Å². The van der Waals surface area contributed by atoms with Crippen LogP contribution in [0.2, 0.25) is 0 Å². The predicted octanol–water partition coefficient (Wildman–Crippen LogP) is 1.89. The van der Waals surface area contributed by atoms with Crippen LogP contribution in [0.15, 0.2) is 31.1 Å². The molecule has 1 aliphatic carbocycles. The highest BCUT2D eigenvalue weighted by molar-refractivity contribution is 6.00. The number of carbonyl (C=O) groups excluding carboxylic acids is 2. The van der Waals surface area contributed by atoms with E-state index in [4.69, 9.17) is 5.73 Å². The van der Waals surface area contributed by atoms with Crippen LogP contribution in [0.4, 0.5) is 10.2 Å². The Kier molecular flexibility index (Phi) is 5.32. The number of nitrogens with two attached hydrogens (primary N) is 1. The average molecular weight is 462 g/mol. The monoisotopic (exact) mass is 461 g/mol. The first-order valence-corrected chi connectivity index (χ1v) is 11.1. The van der Waals surface area contributed by atoms with E-state index in [1.807, 2.05) is 4.57 Å². The van der Waals surface area contributed by atoms with Gasteiger partial charge in [-0.05, 0) is 30.9 Å². The molecule has 9 nitrogen and oxygen atoms in total. The normalized spacial score (nSPS) is 15.5. The van der Waals surface area contributed by atoms with Crippen molar-refractivity contribution in [2.24, 2.45) is 11.7 Å². The fourth-order valence-corrected chi connectivity index (χ4v) is 4.32. The van der Waals surface area contributed by atoms with Crippen LogP contribution in [0, 0.1) is 23.6 Å². The Morgan fingerprint density at radius 2 is 2.09 bits per heavy atom. The van der Waals surface area contributed by atoms with Gasteiger partial charge in [0.1, 0.15) is 17.2 Å². The molecule has 3 heterocycles. The molecule has 3 N–H and O–H groups in total. The number of rotatable bonds is 6. The third-order valence-electron chi connectivity index (χ3n) is 6.23. The van der Waals surface area contributed by atoms with E-state index in [-0.39, 0.29) is 28.6 Å². The fourth-order valence-electron chi connectivity index (χ4n) is 4.32. The van der Waals surface area contributed by atoms with E-state index in [0.29, 0.717) is 37.0 Å². The molecule has 2 aromatic heterocycles. The lowest BCUT2D eigenvalue weighted by Gasteiger charge is -2.38. The van der Waals surface area contributed by atoms with Gasteiger partial charge in [0.2, 0.25) is 5.91 Å². The maximum atomic E-state index is 14.8. The lowest BCUT2D eigenvalue weighted by atomic mass is 10.00. The summed E-state index contributed by atoms with van der Waals surface area (Å²) in [5.41, 5.74) is 7.51. The van der Waals surface area contributed by atoms with Crippen LogP contribution in [0.1, 0.15) is 40.5 Å². The Labute approximate surface area is 195 Å². The fraction of sp³-hybridized carbons (Fsp3) is 0.333. The zero-order valence-corrected chi connectivity index (χ0v) is 18.7. The van der Waals surface area contributed by atoms with Gasteiger partial charge in [0, 0.05) is 44.7 Å². The third-order valence-corrected chi connectivity index (χ3v) is 6.23. The van der Waals surface area contributed by atoms with Crippen molar-refractivity contribution in [3.8, 4) is 11.8 Å². The first-order valence-electron chi connectivity index (χ1n) is 11.1. The summed E-state index contributed by atoms with van der Waals surface area (Å²) < 4.78 is 18.4. The topological polar surface area (TPSA) is 111 Å². The second-order valence-corrected chi connectivity index (χ2v) is 8.64. The number of fused-ring (bicyclic) bond motifs is 1. The molecule has 2 amide bonds. The average Bonchev–Trinajstić information content (AvgIpc) is 3.45. The number of primary amides is 1. The molecule has 0 atom stereocenters. The maximum Gasteiger partial charge on any atom is 0.255 e. The summed E-state index contributed by atoms with van der Waals surface area (Å²) in [7, 11) is 1.66. The number of hydrogen-bond donors (Lipinski definition) is 2. The van der Waals surface area contributed by atoms with Crippen LogP contribution >= 0.6 is 0 Å². The molecule has 1 saturated carbocycles. The van der Waals surface area contributed by atoms with E-state index in [2.05, 4.69) is 33.8 Å². The molecular weight excluding hydrogens is 437 g/mol. The highest BCUT2D eigenvalue weighted by atomic mass is 19.1. The van der Waals surface area contributed by atoms with Gasteiger partial charge in [0.15, 0.2) is 5.69 Å². The summed E-state index contributed by atoms with van der Waals surface area (Å²) in [5, 5.41) is 7.44. The molecule has 3 aromatic rings. The molecule has 0 bridgehead atoms. The molecule has 5 rings (SSSR count). The summed E-state index contributed by atoms with van der Waals surface area (Å²) in [6, 6.07) is 3.45. The van der Waals surface area contributed by atoms with E-state index < -0.39 is 11.7 Å². The van der Waals surface area contributed by atoms with Crippen molar-refractivity contribution in [3.05, 3.63) is 53.8 Å². The number of nitrogens with one attached hydrogen (secondary N) is 1. The van der Waals surface area contributed by atoms with Gasteiger partial charge < -0.3 is 20.5 Å². The Morgan fingerprint density at radius 1 is 1.32 bits per heavy atom. The highest BCUT2D eigenvalue weighted by Crippen LogP contribution is 2.37. The summed E-state index contributed by atoms with van der Waals surface area (Å²) in [6.07, 6.45) is 5.17. The number of benzene rings is 1. The number of anilines is 1. The lowest BCUT2D eigenvalue weighted by Crippen LogP contribution is -2.50. The number of aromatic nitrogens is 4. The molecule has 2 fully saturated rings. The standard InChI is InChI=1S/C24H24FN7O2/c1-3-21(33)30-10-14(11-30)12-32-24(27-2)22(23(26)34)18(29-32)7-4-15-8-19-20(9-17(15)25)31(13-28-19)16-5-6-16/h3,8-9,13-14,16,27H,1,5-6,10-12H2,2H3,(H2,26,34). The van der Waals surface area contributed by atoms with Crippen LogP contribution in [-0.2, 0) is 11.3 Å². The maximum absolute atomic E-state index is 14.8. The zero-order chi connectivity index (χ0) is 24.0. The van der Waals surface area contributed by atoms with Gasteiger partial charge in [-0.3, -0.25) is 9.59 Å². The van der Waals surface area contributed by atoms with E-state index in [9.17, 15) is 14.0 Å². The Morgan fingerprint density at radius 3 is 2.74 bits per heavy atom. The highest BCUT2D eigenvalue weighted by Gasteiger charge is 2.31. The van der Waals surface area contributed by atoms with Gasteiger partial charge in [-0.25, -0.2) is 14.1 Å². The van der Waals surface area contributed by atoms with Crippen LogP contribution in [-0.4, -0.2) is 56.2 Å². The van der Waals surface area contributed by atoms with Crippen molar-refractivity contribution in [1.82, 2.24) is 24.2 Å². The molecule has 1 aliphatic heterocycles. The number of halogens is 1. The first-order chi connectivity index (χ1) is 16.4. The van der Waals surface area contributed by atoms with Gasteiger partial charge in [-0.1, -0.05) is 12.5 Å². The molecular formula is C24H24FN7O2. The van der Waals surface area contributed by atoms with Crippen LogP contribution in [0.3, 0.4) is 0 Å². The quantitative estimate of drug-likeness (QED) is 0.430. The third kappa shape index (κ3) is 3.79. The molecule has 34 heavy (non-hydrogen) atoms. The van der Waals surface area contributed by atoms with E-state index in [1.54, 1.807) is 29.0 Å². The number of amides is 2. The number of likely N-dealkylation sites (tertiary alicyclic amines) is 1. The minimum atomic E-state index is -0.684. The molecule has 0 radical (unpaired) electrons. The van der Waals surface area contributed by atoms with E-state index in [0.717, 1.165) is 18.4 Å². The number of hydrogen-bond acceptors (Lipinski definition) is 5. The van der Waals surface area contributed by atoms with E-state index in [1.165, 1.54) is 12.1 Å². The second kappa shape index (κ2) is 8.33. The Hall–Kier alpha value is -4.13. The van der Waals surface area contributed by atoms with Gasteiger partial charge >= 0.3 is 0 Å². The van der Waals surface area contributed by atoms with Gasteiger partial charge in [-0.2, -0.15) is 5.10 Å². The molecule has 10 heteroatoms. The van der Waals surface area contributed by atoms with Crippen molar-refractivity contribution in [3.63, 3.8) is 0 Å². The molecule has 174 valence electrons. The summed E-state index contributed by atoms with van der Waals surface area (Å²) in [5.74, 6) is 4.96. The Bertz CT molecular complexity index is 1380. The van der Waals surface area contributed by atoms with Gasteiger partial charge in [0.05, 0.1) is 22.9 Å². The van der Waals surface area contributed by atoms with Crippen molar-refractivity contribution in [1.29, 1.82) is 0 Å². The summed E-state index contributed by atoms with van der Waals surface area (Å²) in [6.45, 7) is 5.11. The zero-order valence-electron chi connectivity index (χ0n) is 18.7. The Balaban J connectivity index is 1.44. The van der Waals surface area contributed by atoms with Crippen molar-refractivity contribution >= 4 is 28.7 Å². The predicted molar refractivity (Wildman–Crippen MR) is 125 cm³/mol. The van der Waals surface area contributed by atoms with E-state index >= 15 is 0 Å². The summed E-state index contributed by atoms with van der Waals surface area (Å²) >= 11 is 0. The van der Waals surface area contributed by atoms with Crippen molar-refractivity contribution < 1.29 is 14.0 Å². The molecule has 0 spiro atoms.